The van der Waals surface area contributed by atoms with E-state index in [0.29, 0.717) is 12.8 Å². The van der Waals surface area contributed by atoms with E-state index in [1.54, 1.807) is 0 Å². The Bertz CT molecular complexity index is 1020. The Morgan fingerprint density at radius 1 is 0.971 bits per heavy atom. The van der Waals surface area contributed by atoms with Crippen LogP contribution in [-0.2, 0) is 14.3 Å². The molecule has 0 spiro atoms. The van der Waals surface area contributed by atoms with Gasteiger partial charge in [-0.25, -0.2) is 9.59 Å². The second-order valence-corrected chi connectivity index (χ2v) is 8.99. The first-order valence-electron chi connectivity index (χ1n) is 11.7. The van der Waals surface area contributed by atoms with Crippen LogP contribution in [-0.4, -0.2) is 53.0 Å². The number of carboxylic acid groups (broad SMARTS) is 1. The summed E-state index contributed by atoms with van der Waals surface area (Å²) in [5, 5.41) is 23.7. The summed E-state index contributed by atoms with van der Waals surface area (Å²) >= 11 is 0. The predicted octanol–water partition coefficient (Wildman–Crippen LogP) is 3.18. The second-order valence-electron chi connectivity index (χ2n) is 8.99. The molecule has 1 unspecified atom stereocenters. The minimum atomic E-state index is -1.54. The van der Waals surface area contributed by atoms with E-state index in [1.807, 2.05) is 36.4 Å². The number of aliphatic hydroxyl groups excluding tert-OH is 1. The van der Waals surface area contributed by atoms with Gasteiger partial charge in [-0.15, -0.1) is 0 Å². The molecule has 0 bridgehead atoms. The Kier molecular flexibility index (Phi) is 7.17. The Labute approximate surface area is 198 Å². The number of benzene rings is 2. The van der Waals surface area contributed by atoms with E-state index in [0.717, 1.165) is 41.5 Å². The maximum absolute atomic E-state index is 13.0. The molecule has 0 saturated heterocycles. The van der Waals surface area contributed by atoms with Gasteiger partial charge < -0.3 is 25.6 Å². The molecule has 2 aromatic rings. The number of aliphatic hydroxyl groups is 1. The SMILES string of the molecule is O=C(NC1(C(=O)NCCC(O)C(=O)O)CCCCC1)OCC1c2ccccc2-c2ccccc21. The van der Waals surface area contributed by atoms with Gasteiger partial charge in [0.1, 0.15) is 12.1 Å². The quantitative estimate of drug-likeness (QED) is 0.474. The molecule has 8 heteroatoms. The number of hydrogen-bond acceptors (Lipinski definition) is 5. The monoisotopic (exact) mass is 466 g/mol. The number of nitrogens with one attached hydrogen (secondary N) is 2. The van der Waals surface area contributed by atoms with Crippen LogP contribution in [0, 0.1) is 0 Å². The number of carbonyl (C=O) groups excluding carboxylic acids is 2. The summed E-state index contributed by atoms with van der Waals surface area (Å²) in [6.07, 6.45) is 1.20. The Balaban J connectivity index is 1.40. The predicted molar refractivity (Wildman–Crippen MR) is 125 cm³/mol. The number of aliphatic carboxylic acids is 1. The van der Waals surface area contributed by atoms with Gasteiger partial charge >= 0.3 is 12.1 Å². The van der Waals surface area contributed by atoms with E-state index in [1.165, 1.54) is 0 Å². The summed E-state index contributed by atoms with van der Waals surface area (Å²) in [5.41, 5.74) is 3.39. The van der Waals surface area contributed by atoms with Crippen LogP contribution < -0.4 is 10.6 Å². The molecule has 2 amide bonds. The summed E-state index contributed by atoms with van der Waals surface area (Å²) in [7, 11) is 0. The van der Waals surface area contributed by atoms with Gasteiger partial charge in [-0.2, -0.15) is 0 Å². The molecule has 0 radical (unpaired) electrons. The number of amides is 2. The normalized spacial score (nSPS) is 17.2. The van der Waals surface area contributed by atoms with Gasteiger partial charge in [0.15, 0.2) is 6.10 Å². The molecular weight excluding hydrogens is 436 g/mol. The van der Waals surface area contributed by atoms with E-state index in [-0.39, 0.29) is 31.4 Å². The fourth-order valence-corrected chi connectivity index (χ4v) is 5.01. The molecule has 1 fully saturated rings. The molecular formula is C26H30N2O6. The van der Waals surface area contributed by atoms with E-state index in [4.69, 9.17) is 9.84 Å². The Morgan fingerprint density at radius 3 is 2.15 bits per heavy atom. The van der Waals surface area contributed by atoms with Crippen molar-refractivity contribution in [3.05, 3.63) is 59.7 Å². The molecule has 4 N–H and O–H groups in total. The highest BCUT2D eigenvalue weighted by atomic mass is 16.5. The average molecular weight is 467 g/mol. The molecule has 2 aliphatic carbocycles. The third-order valence-electron chi connectivity index (χ3n) is 6.82. The van der Waals surface area contributed by atoms with Gasteiger partial charge in [0.2, 0.25) is 5.91 Å². The van der Waals surface area contributed by atoms with Crippen molar-refractivity contribution in [1.29, 1.82) is 0 Å². The van der Waals surface area contributed by atoms with Crippen LogP contribution in [0.2, 0.25) is 0 Å². The molecule has 2 aromatic carbocycles. The van der Waals surface area contributed by atoms with Crippen molar-refractivity contribution in [2.75, 3.05) is 13.2 Å². The highest BCUT2D eigenvalue weighted by Crippen LogP contribution is 2.44. The summed E-state index contributed by atoms with van der Waals surface area (Å²) in [6, 6.07) is 16.2. The minimum Gasteiger partial charge on any atom is -0.479 e. The van der Waals surface area contributed by atoms with Crippen molar-refractivity contribution in [1.82, 2.24) is 10.6 Å². The van der Waals surface area contributed by atoms with Gasteiger partial charge in [0.05, 0.1) is 0 Å². The van der Waals surface area contributed by atoms with Crippen molar-refractivity contribution in [3.63, 3.8) is 0 Å². The molecule has 1 atom stereocenters. The van der Waals surface area contributed by atoms with E-state index in [9.17, 15) is 19.5 Å². The molecule has 1 saturated carbocycles. The van der Waals surface area contributed by atoms with Crippen LogP contribution in [0.3, 0.4) is 0 Å². The molecule has 180 valence electrons. The molecule has 34 heavy (non-hydrogen) atoms. The summed E-state index contributed by atoms with van der Waals surface area (Å²) < 4.78 is 5.64. The lowest BCUT2D eigenvalue weighted by Gasteiger charge is -2.36. The number of fused-ring (bicyclic) bond motifs is 3. The minimum absolute atomic E-state index is 0.000416. The highest BCUT2D eigenvalue weighted by molar-refractivity contribution is 5.90. The van der Waals surface area contributed by atoms with Crippen LogP contribution in [0.1, 0.15) is 55.6 Å². The zero-order valence-electron chi connectivity index (χ0n) is 19.0. The lowest BCUT2D eigenvalue weighted by atomic mass is 9.81. The van der Waals surface area contributed by atoms with Crippen molar-refractivity contribution in [2.45, 2.75) is 56.1 Å². The Hall–Kier alpha value is -3.39. The third kappa shape index (κ3) is 4.92. The van der Waals surface area contributed by atoms with Crippen molar-refractivity contribution < 1.29 is 29.3 Å². The molecule has 0 aliphatic heterocycles. The molecule has 2 aliphatic rings. The van der Waals surface area contributed by atoms with Crippen LogP contribution in [0.25, 0.3) is 11.1 Å². The molecule has 4 rings (SSSR count). The first-order valence-corrected chi connectivity index (χ1v) is 11.7. The maximum Gasteiger partial charge on any atom is 0.408 e. The van der Waals surface area contributed by atoms with Crippen molar-refractivity contribution in [2.24, 2.45) is 0 Å². The van der Waals surface area contributed by atoms with Crippen LogP contribution >= 0.6 is 0 Å². The lowest BCUT2D eigenvalue weighted by molar-refractivity contribution is -0.147. The maximum atomic E-state index is 13.0. The van der Waals surface area contributed by atoms with Gasteiger partial charge in [-0.05, 0) is 35.1 Å². The average Bonchev–Trinajstić information content (AvgIpc) is 3.17. The van der Waals surface area contributed by atoms with Crippen LogP contribution in [0.15, 0.2) is 48.5 Å². The number of carbonyl (C=O) groups is 3. The Morgan fingerprint density at radius 2 is 1.56 bits per heavy atom. The lowest BCUT2D eigenvalue weighted by Crippen LogP contribution is -2.60. The van der Waals surface area contributed by atoms with E-state index < -0.39 is 23.7 Å². The largest absolute Gasteiger partial charge is 0.479 e. The zero-order chi connectivity index (χ0) is 24.1. The first-order chi connectivity index (χ1) is 16.4. The summed E-state index contributed by atoms with van der Waals surface area (Å²) in [5.74, 6) is -1.79. The summed E-state index contributed by atoms with van der Waals surface area (Å²) in [4.78, 5) is 36.6. The van der Waals surface area contributed by atoms with E-state index in [2.05, 4.69) is 22.8 Å². The van der Waals surface area contributed by atoms with Gasteiger partial charge in [-0.1, -0.05) is 67.8 Å². The van der Waals surface area contributed by atoms with Crippen molar-refractivity contribution in [3.8, 4) is 11.1 Å². The first kappa shape index (κ1) is 23.8. The number of rotatable bonds is 8. The van der Waals surface area contributed by atoms with Crippen molar-refractivity contribution >= 4 is 18.0 Å². The van der Waals surface area contributed by atoms with Crippen LogP contribution in [0.4, 0.5) is 4.79 Å². The van der Waals surface area contributed by atoms with Crippen LogP contribution in [0.5, 0.6) is 0 Å². The number of carboxylic acids is 1. The van der Waals surface area contributed by atoms with Gasteiger partial charge in [-0.3, -0.25) is 4.79 Å². The fraction of sp³-hybridized carbons (Fsp3) is 0.423. The molecule has 0 aromatic heterocycles. The smallest absolute Gasteiger partial charge is 0.408 e. The zero-order valence-corrected chi connectivity index (χ0v) is 19.0. The topological polar surface area (TPSA) is 125 Å². The van der Waals surface area contributed by atoms with Gasteiger partial charge in [0.25, 0.3) is 0 Å². The fourth-order valence-electron chi connectivity index (χ4n) is 5.01. The molecule has 0 heterocycles. The number of alkyl carbamates (subject to hydrolysis) is 1. The summed E-state index contributed by atoms with van der Waals surface area (Å²) in [6.45, 7) is 0.156. The van der Waals surface area contributed by atoms with Gasteiger partial charge in [0, 0.05) is 18.9 Å². The third-order valence-corrected chi connectivity index (χ3v) is 6.82. The molecule has 8 nitrogen and oxygen atoms in total. The standard InChI is InChI=1S/C26H30N2O6/c29-22(23(30)31)12-15-27-24(32)26(13-6-1-7-14-26)28-25(33)34-16-21-19-10-4-2-8-17(19)18-9-3-5-11-20(18)21/h2-5,8-11,21-22,29H,1,6-7,12-16H2,(H,27,32)(H,28,33)(H,30,31). The second kappa shape index (κ2) is 10.3. The number of ether oxygens (including phenoxy) is 1. The highest BCUT2D eigenvalue weighted by Gasteiger charge is 2.41. The number of hydrogen-bond donors (Lipinski definition) is 4. The van der Waals surface area contributed by atoms with E-state index >= 15 is 0 Å².